The molecular weight excluding hydrogens is 387 g/mol. The number of nitrogens with one attached hydrogen (secondary N) is 1. The first-order chi connectivity index (χ1) is 11.6. The second-order valence-electron chi connectivity index (χ2n) is 4.78. The lowest BCUT2D eigenvalue weighted by Gasteiger charge is -2.08. The molecule has 0 fully saturated rings. The summed E-state index contributed by atoms with van der Waals surface area (Å²) >= 11 is 14.9. The average Bonchev–Trinajstić information content (AvgIpc) is 3.19. The zero-order valence-electron chi connectivity index (χ0n) is 12.5. The molecule has 1 amide bonds. The molecule has 0 saturated carbocycles. The Hall–Kier alpha value is -1.54. The summed E-state index contributed by atoms with van der Waals surface area (Å²) in [5.41, 5.74) is 0.493. The minimum absolute atomic E-state index is 0.190. The highest BCUT2D eigenvalue weighted by molar-refractivity contribution is 7.99. The molecule has 0 aliphatic heterocycles. The molecule has 0 unspecified atom stereocenters. The number of thiophene rings is 1. The maximum Gasteiger partial charge on any atom is 0.234 e. The van der Waals surface area contributed by atoms with Crippen molar-refractivity contribution in [1.29, 1.82) is 0 Å². The van der Waals surface area contributed by atoms with Gasteiger partial charge in [0.05, 0.1) is 26.4 Å². The van der Waals surface area contributed by atoms with E-state index < -0.39 is 0 Å². The van der Waals surface area contributed by atoms with E-state index in [0.717, 1.165) is 10.7 Å². The Morgan fingerprint density at radius 2 is 2.12 bits per heavy atom. The molecule has 0 bridgehead atoms. The van der Waals surface area contributed by atoms with Crippen LogP contribution in [0.25, 0.3) is 10.7 Å². The van der Waals surface area contributed by atoms with Gasteiger partial charge in [0.25, 0.3) is 0 Å². The first kappa shape index (κ1) is 17.3. The van der Waals surface area contributed by atoms with Crippen LogP contribution in [0.15, 0.2) is 40.9 Å². The third-order valence-electron chi connectivity index (χ3n) is 3.13. The Kier molecular flexibility index (Phi) is 5.45. The van der Waals surface area contributed by atoms with Crippen LogP contribution >= 0.6 is 46.3 Å². The number of anilines is 1. The molecule has 0 radical (unpaired) electrons. The van der Waals surface area contributed by atoms with Crippen molar-refractivity contribution in [3.8, 4) is 10.7 Å². The van der Waals surface area contributed by atoms with Crippen molar-refractivity contribution in [2.75, 3.05) is 11.1 Å². The Labute approximate surface area is 157 Å². The number of rotatable bonds is 5. The standard InChI is InChI=1S/C15H12Cl2N4OS2/c1-21-14(11-6-3-7-23-11)19-20-15(21)24-8-12(22)18-10-5-2-4-9(16)13(10)17/h2-7H,8H2,1H3,(H,18,22). The van der Waals surface area contributed by atoms with Gasteiger partial charge in [-0.05, 0) is 23.6 Å². The number of hydrogen-bond donors (Lipinski definition) is 1. The lowest BCUT2D eigenvalue weighted by Crippen LogP contribution is -2.14. The van der Waals surface area contributed by atoms with Crippen molar-refractivity contribution in [3.05, 3.63) is 45.8 Å². The van der Waals surface area contributed by atoms with Crippen LogP contribution in [0.5, 0.6) is 0 Å². The molecule has 2 aromatic heterocycles. The van der Waals surface area contributed by atoms with E-state index in [0.29, 0.717) is 20.9 Å². The van der Waals surface area contributed by atoms with Gasteiger partial charge >= 0.3 is 0 Å². The van der Waals surface area contributed by atoms with Crippen LogP contribution in [-0.2, 0) is 11.8 Å². The number of aromatic nitrogens is 3. The first-order valence-corrected chi connectivity index (χ1v) is 9.48. The number of carbonyl (C=O) groups is 1. The maximum absolute atomic E-state index is 12.1. The van der Waals surface area contributed by atoms with E-state index in [1.54, 1.807) is 29.5 Å². The van der Waals surface area contributed by atoms with E-state index in [9.17, 15) is 4.79 Å². The highest BCUT2D eigenvalue weighted by Gasteiger charge is 2.14. The van der Waals surface area contributed by atoms with Crippen molar-refractivity contribution in [3.63, 3.8) is 0 Å². The monoisotopic (exact) mass is 398 g/mol. The fourth-order valence-corrected chi connectivity index (χ4v) is 3.78. The van der Waals surface area contributed by atoms with Crippen molar-refractivity contribution < 1.29 is 4.79 Å². The maximum atomic E-state index is 12.1. The van der Waals surface area contributed by atoms with E-state index in [1.807, 2.05) is 29.1 Å². The molecule has 9 heteroatoms. The highest BCUT2D eigenvalue weighted by atomic mass is 35.5. The van der Waals surface area contributed by atoms with Crippen LogP contribution in [0, 0.1) is 0 Å². The molecule has 0 atom stereocenters. The highest BCUT2D eigenvalue weighted by Crippen LogP contribution is 2.30. The molecule has 0 aliphatic rings. The third-order valence-corrected chi connectivity index (χ3v) is 5.84. The van der Waals surface area contributed by atoms with Crippen LogP contribution in [0.3, 0.4) is 0 Å². The Bertz CT molecular complexity index is 864. The SMILES string of the molecule is Cn1c(SCC(=O)Nc2cccc(Cl)c2Cl)nnc1-c1cccs1. The van der Waals surface area contributed by atoms with Gasteiger partial charge in [0.2, 0.25) is 5.91 Å². The molecule has 5 nitrogen and oxygen atoms in total. The molecule has 0 saturated heterocycles. The van der Waals surface area contributed by atoms with Gasteiger partial charge in [0.15, 0.2) is 11.0 Å². The number of hydrogen-bond acceptors (Lipinski definition) is 5. The summed E-state index contributed by atoms with van der Waals surface area (Å²) in [6, 6.07) is 9.04. The number of amides is 1. The molecule has 1 N–H and O–H groups in total. The largest absolute Gasteiger partial charge is 0.324 e. The zero-order chi connectivity index (χ0) is 17.1. The first-order valence-electron chi connectivity index (χ1n) is 6.86. The second kappa shape index (κ2) is 7.57. The van der Waals surface area contributed by atoms with E-state index in [2.05, 4.69) is 15.5 Å². The summed E-state index contributed by atoms with van der Waals surface area (Å²) in [5.74, 6) is 0.787. The second-order valence-corrected chi connectivity index (χ2v) is 7.46. The quantitative estimate of drug-likeness (QED) is 0.638. The van der Waals surface area contributed by atoms with Gasteiger partial charge in [-0.2, -0.15) is 0 Å². The Morgan fingerprint density at radius 3 is 2.88 bits per heavy atom. The number of halogens is 2. The molecular formula is C15H12Cl2N4OS2. The van der Waals surface area contributed by atoms with E-state index >= 15 is 0 Å². The molecule has 0 aliphatic carbocycles. The number of thioether (sulfide) groups is 1. The molecule has 0 spiro atoms. The molecule has 1 aromatic carbocycles. The van der Waals surface area contributed by atoms with Crippen molar-refractivity contribution in [1.82, 2.24) is 14.8 Å². The summed E-state index contributed by atoms with van der Waals surface area (Å²) in [6.07, 6.45) is 0. The van der Waals surface area contributed by atoms with E-state index in [1.165, 1.54) is 11.8 Å². The van der Waals surface area contributed by atoms with Crippen LogP contribution in [-0.4, -0.2) is 26.4 Å². The summed E-state index contributed by atoms with van der Waals surface area (Å²) in [7, 11) is 1.88. The van der Waals surface area contributed by atoms with E-state index in [4.69, 9.17) is 23.2 Å². The van der Waals surface area contributed by atoms with Crippen LogP contribution in [0.4, 0.5) is 5.69 Å². The fraction of sp³-hybridized carbons (Fsp3) is 0.133. The summed E-state index contributed by atoms with van der Waals surface area (Å²) in [4.78, 5) is 13.1. The number of benzene rings is 1. The fourth-order valence-electron chi connectivity index (χ4n) is 1.98. The minimum atomic E-state index is -0.190. The molecule has 2 heterocycles. The van der Waals surface area contributed by atoms with Crippen molar-refractivity contribution in [2.24, 2.45) is 7.05 Å². The third kappa shape index (κ3) is 3.75. The molecule has 124 valence electrons. The normalized spacial score (nSPS) is 10.8. The predicted octanol–water partition coefficient (Wildman–Crippen LogP) is 4.58. The van der Waals surface area contributed by atoms with Crippen LogP contribution < -0.4 is 5.32 Å². The lowest BCUT2D eigenvalue weighted by atomic mass is 10.3. The summed E-state index contributed by atoms with van der Waals surface area (Å²) < 4.78 is 1.87. The van der Waals surface area contributed by atoms with Gasteiger partial charge in [0, 0.05) is 7.05 Å². The van der Waals surface area contributed by atoms with Crippen LogP contribution in [0.1, 0.15) is 0 Å². The molecule has 3 aromatic rings. The molecule has 24 heavy (non-hydrogen) atoms. The van der Waals surface area contributed by atoms with Gasteiger partial charge in [0.1, 0.15) is 0 Å². The van der Waals surface area contributed by atoms with Gasteiger partial charge < -0.3 is 9.88 Å². The van der Waals surface area contributed by atoms with Gasteiger partial charge in [-0.25, -0.2) is 0 Å². The zero-order valence-corrected chi connectivity index (χ0v) is 15.6. The molecule has 3 rings (SSSR count). The predicted molar refractivity (Wildman–Crippen MR) is 100 cm³/mol. The Morgan fingerprint density at radius 1 is 1.29 bits per heavy atom. The smallest absolute Gasteiger partial charge is 0.234 e. The summed E-state index contributed by atoms with van der Waals surface area (Å²) in [6.45, 7) is 0. The van der Waals surface area contributed by atoms with Crippen molar-refractivity contribution >= 4 is 57.9 Å². The number of carbonyl (C=O) groups excluding carboxylic acids is 1. The topological polar surface area (TPSA) is 59.8 Å². The Balaban J connectivity index is 1.64. The van der Waals surface area contributed by atoms with Crippen molar-refractivity contribution in [2.45, 2.75) is 5.16 Å². The average molecular weight is 399 g/mol. The number of nitrogens with zero attached hydrogens (tertiary/aromatic N) is 3. The van der Waals surface area contributed by atoms with Gasteiger partial charge in [-0.1, -0.05) is 47.1 Å². The lowest BCUT2D eigenvalue weighted by molar-refractivity contribution is -0.113. The van der Waals surface area contributed by atoms with E-state index in [-0.39, 0.29) is 11.7 Å². The minimum Gasteiger partial charge on any atom is -0.324 e. The summed E-state index contributed by atoms with van der Waals surface area (Å²) in [5, 5.41) is 14.4. The van der Waals surface area contributed by atoms with Gasteiger partial charge in [-0.15, -0.1) is 21.5 Å². The van der Waals surface area contributed by atoms with Gasteiger partial charge in [-0.3, -0.25) is 4.79 Å². The van der Waals surface area contributed by atoms with Crippen LogP contribution in [0.2, 0.25) is 10.0 Å².